The largest absolute Gasteiger partial charge is 0.360 e. The Balaban J connectivity index is 1.78. The van der Waals surface area contributed by atoms with Crippen molar-refractivity contribution in [3.8, 4) is 0 Å². The van der Waals surface area contributed by atoms with Crippen LogP contribution in [0.3, 0.4) is 0 Å². The van der Waals surface area contributed by atoms with Crippen LogP contribution in [0.1, 0.15) is 48.4 Å². The van der Waals surface area contributed by atoms with Gasteiger partial charge >= 0.3 is 0 Å². The maximum absolute atomic E-state index is 12.4. The van der Waals surface area contributed by atoms with Gasteiger partial charge in [-0.25, -0.2) is 0 Å². The van der Waals surface area contributed by atoms with Gasteiger partial charge in [0.05, 0.1) is 0 Å². The van der Waals surface area contributed by atoms with E-state index < -0.39 is 6.04 Å². The fourth-order valence-electron chi connectivity index (χ4n) is 2.32. The first-order valence-corrected chi connectivity index (χ1v) is 6.72. The van der Waals surface area contributed by atoms with Crippen molar-refractivity contribution in [1.29, 1.82) is 0 Å². The van der Waals surface area contributed by atoms with E-state index in [2.05, 4.69) is 10.5 Å². The molecule has 1 atom stereocenters. The van der Waals surface area contributed by atoms with E-state index in [0.29, 0.717) is 24.7 Å². The Bertz CT molecular complexity index is 507. The highest BCUT2D eigenvalue weighted by atomic mass is 16.5. The van der Waals surface area contributed by atoms with Gasteiger partial charge in [-0.3, -0.25) is 9.59 Å². The maximum atomic E-state index is 12.4. The highest BCUT2D eigenvalue weighted by molar-refractivity contribution is 5.96. The van der Waals surface area contributed by atoms with Crippen molar-refractivity contribution in [1.82, 2.24) is 15.4 Å². The molecule has 1 aromatic rings. The fraction of sp³-hybridized carbons (Fsp3) is 0.615. The monoisotopic (exact) mass is 263 g/mol. The summed E-state index contributed by atoms with van der Waals surface area (Å²) in [6.45, 7) is 2.91. The van der Waals surface area contributed by atoms with Gasteiger partial charge < -0.3 is 14.7 Å². The highest BCUT2D eigenvalue weighted by Crippen LogP contribution is 2.40. The van der Waals surface area contributed by atoms with Crippen LogP contribution in [0.25, 0.3) is 0 Å². The van der Waals surface area contributed by atoms with Crippen LogP contribution in [-0.4, -0.2) is 41.0 Å². The van der Waals surface area contributed by atoms with E-state index >= 15 is 0 Å². The summed E-state index contributed by atoms with van der Waals surface area (Å²) in [5.74, 6) is 0.881. The molecule has 1 aromatic heterocycles. The number of amides is 2. The molecule has 2 aliphatic rings. The van der Waals surface area contributed by atoms with Gasteiger partial charge in [0.2, 0.25) is 5.91 Å². The van der Waals surface area contributed by atoms with E-state index in [0.717, 1.165) is 25.0 Å². The fourth-order valence-corrected chi connectivity index (χ4v) is 2.32. The Morgan fingerprint density at radius 3 is 3.05 bits per heavy atom. The second kappa shape index (κ2) is 4.68. The molecule has 6 heteroatoms. The molecule has 1 N–H and O–H groups in total. The predicted molar refractivity (Wildman–Crippen MR) is 66.6 cm³/mol. The van der Waals surface area contributed by atoms with E-state index in [4.69, 9.17) is 4.52 Å². The van der Waals surface area contributed by atoms with Crippen molar-refractivity contribution < 1.29 is 14.1 Å². The molecular weight excluding hydrogens is 246 g/mol. The van der Waals surface area contributed by atoms with Crippen molar-refractivity contribution in [2.45, 2.75) is 38.1 Å². The molecule has 0 radical (unpaired) electrons. The van der Waals surface area contributed by atoms with Crippen molar-refractivity contribution >= 4 is 11.8 Å². The minimum Gasteiger partial charge on any atom is -0.360 e. The molecule has 1 aliphatic carbocycles. The maximum Gasteiger partial charge on any atom is 0.276 e. The van der Waals surface area contributed by atoms with Gasteiger partial charge in [-0.05, 0) is 26.2 Å². The molecule has 0 spiro atoms. The van der Waals surface area contributed by atoms with Gasteiger partial charge in [-0.2, -0.15) is 0 Å². The third-order valence-electron chi connectivity index (χ3n) is 3.71. The summed E-state index contributed by atoms with van der Waals surface area (Å²) in [6, 6.07) is 1.26. The van der Waals surface area contributed by atoms with Crippen LogP contribution in [-0.2, 0) is 4.79 Å². The topological polar surface area (TPSA) is 75.4 Å². The Hall–Kier alpha value is -1.85. The van der Waals surface area contributed by atoms with Crippen LogP contribution >= 0.6 is 0 Å². The average Bonchev–Trinajstić information content (AvgIpc) is 3.16. The molecule has 1 saturated heterocycles. The lowest BCUT2D eigenvalue weighted by molar-refractivity contribution is -0.124. The van der Waals surface area contributed by atoms with Crippen molar-refractivity contribution in [2.24, 2.45) is 0 Å². The zero-order chi connectivity index (χ0) is 13.4. The summed E-state index contributed by atoms with van der Waals surface area (Å²) in [7, 11) is 0. The SMILES string of the molecule is C[C@@H]1C(=O)NCCCN1C(=O)c1cc(C2CC2)on1. The number of aromatic nitrogens is 1. The first kappa shape index (κ1) is 12.2. The lowest BCUT2D eigenvalue weighted by atomic mass is 10.2. The average molecular weight is 263 g/mol. The number of hydrogen-bond donors (Lipinski definition) is 1. The molecule has 0 bridgehead atoms. The first-order valence-electron chi connectivity index (χ1n) is 6.72. The number of carbonyl (C=O) groups excluding carboxylic acids is 2. The summed E-state index contributed by atoms with van der Waals surface area (Å²) >= 11 is 0. The quantitative estimate of drug-likeness (QED) is 0.860. The highest BCUT2D eigenvalue weighted by Gasteiger charge is 2.32. The van der Waals surface area contributed by atoms with Crippen LogP contribution in [0.5, 0.6) is 0 Å². The van der Waals surface area contributed by atoms with Gasteiger partial charge in [-0.15, -0.1) is 0 Å². The van der Waals surface area contributed by atoms with Crippen LogP contribution in [0.15, 0.2) is 10.6 Å². The van der Waals surface area contributed by atoms with Crippen LogP contribution in [0.2, 0.25) is 0 Å². The minimum atomic E-state index is -0.462. The molecule has 3 rings (SSSR count). The summed E-state index contributed by atoms with van der Waals surface area (Å²) in [4.78, 5) is 25.7. The van der Waals surface area contributed by atoms with E-state index in [1.807, 2.05) is 0 Å². The summed E-state index contributed by atoms with van der Waals surface area (Å²) in [5, 5.41) is 6.63. The molecule has 19 heavy (non-hydrogen) atoms. The van der Waals surface area contributed by atoms with E-state index in [1.54, 1.807) is 17.9 Å². The minimum absolute atomic E-state index is 0.114. The summed E-state index contributed by atoms with van der Waals surface area (Å²) in [5.41, 5.74) is 0.309. The lowest BCUT2D eigenvalue weighted by Crippen LogP contribution is -2.45. The molecule has 2 fully saturated rings. The smallest absolute Gasteiger partial charge is 0.276 e. The third-order valence-corrected chi connectivity index (χ3v) is 3.71. The van der Waals surface area contributed by atoms with Gasteiger partial charge in [-0.1, -0.05) is 5.16 Å². The second-order valence-electron chi connectivity index (χ2n) is 5.21. The molecule has 2 amide bonds. The Kier molecular flexibility index (Phi) is 3.00. The van der Waals surface area contributed by atoms with Crippen molar-refractivity contribution in [3.63, 3.8) is 0 Å². The molecule has 0 unspecified atom stereocenters. The lowest BCUT2D eigenvalue weighted by Gasteiger charge is -2.24. The molecule has 1 saturated carbocycles. The number of nitrogens with one attached hydrogen (secondary N) is 1. The molecule has 2 heterocycles. The van der Waals surface area contributed by atoms with E-state index in [9.17, 15) is 9.59 Å². The molecular formula is C13H17N3O3. The third kappa shape index (κ3) is 2.34. The number of nitrogens with zero attached hydrogens (tertiary/aromatic N) is 2. The number of carbonyl (C=O) groups is 2. The van der Waals surface area contributed by atoms with Crippen LogP contribution < -0.4 is 5.32 Å². The molecule has 1 aliphatic heterocycles. The second-order valence-corrected chi connectivity index (χ2v) is 5.21. The van der Waals surface area contributed by atoms with Gasteiger partial charge in [0, 0.05) is 25.1 Å². The zero-order valence-corrected chi connectivity index (χ0v) is 10.9. The van der Waals surface area contributed by atoms with Gasteiger partial charge in [0.25, 0.3) is 5.91 Å². The number of rotatable bonds is 2. The predicted octanol–water partition coefficient (Wildman–Crippen LogP) is 0.903. The Morgan fingerprint density at radius 1 is 1.53 bits per heavy atom. The molecule has 6 nitrogen and oxygen atoms in total. The summed E-state index contributed by atoms with van der Waals surface area (Å²) in [6.07, 6.45) is 2.96. The zero-order valence-electron chi connectivity index (χ0n) is 10.9. The Morgan fingerprint density at radius 2 is 2.32 bits per heavy atom. The van der Waals surface area contributed by atoms with Gasteiger partial charge in [0.15, 0.2) is 5.69 Å². The normalized spacial score (nSPS) is 23.9. The van der Waals surface area contributed by atoms with E-state index in [-0.39, 0.29) is 11.8 Å². The van der Waals surface area contributed by atoms with Crippen LogP contribution in [0.4, 0.5) is 0 Å². The van der Waals surface area contributed by atoms with Crippen molar-refractivity contribution in [3.05, 3.63) is 17.5 Å². The standard InChI is InChI=1S/C13H17N3O3/c1-8-12(17)14-5-2-6-16(8)13(18)10-7-11(19-15-10)9-3-4-9/h7-9H,2-6H2,1H3,(H,14,17)/t8-/m1/s1. The number of hydrogen-bond acceptors (Lipinski definition) is 4. The first-order chi connectivity index (χ1) is 9.16. The molecule has 0 aromatic carbocycles. The van der Waals surface area contributed by atoms with Crippen molar-refractivity contribution in [2.75, 3.05) is 13.1 Å². The Labute approximate surface area is 111 Å². The van der Waals surface area contributed by atoms with Gasteiger partial charge in [0.1, 0.15) is 11.8 Å². The summed E-state index contributed by atoms with van der Waals surface area (Å²) < 4.78 is 5.20. The van der Waals surface area contributed by atoms with E-state index in [1.165, 1.54) is 0 Å². The van der Waals surface area contributed by atoms with Crippen LogP contribution in [0, 0.1) is 0 Å². The molecule has 102 valence electrons.